The topological polar surface area (TPSA) is 15.3 Å². The fourth-order valence-corrected chi connectivity index (χ4v) is 3.47. The highest BCUT2D eigenvalue weighted by Gasteiger charge is 2.18. The summed E-state index contributed by atoms with van der Waals surface area (Å²) in [6, 6.07) is 9.27. The quantitative estimate of drug-likeness (QED) is 0.828. The van der Waals surface area contributed by atoms with Crippen molar-refractivity contribution in [3.8, 4) is 0 Å². The molecule has 1 aliphatic rings. The van der Waals surface area contributed by atoms with Gasteiger partial charge in [0.15, 0.2) is 0 Å². The van der Waals surface area contributed by atoms with Crippen LogP contribution < -0.4 is 10.2 Å². The van der Waals surface area contributed by atoms with E-state index >= 15 is 0 Å². The monoisotopic (exact) mass is 274 g/mol. The number of rotatable bonds is 6. The normalized spacial score (nSPS) is 17.9. The molecule has 0 aliphatic heterocycles. The van der Waals surface area contributed by atoms with Gasteiger partial charge < -0.3 is 10.2 Å². The van der Waals surface area contributed by atoms with Crippen LogP contribution in [0.4, 0.5) is 5.69 Å². The van der Waals surface area contributed by atoms with Gasteiger partial charge in [0.2, 0.25) is 0 Å². The van der Waals surface area contributed by atoms with Gasteiger partial charge in [-0.1, -0.05) is 44.4 Å². The van der Waals surface area contributed by atoms with E-state index in [1.165, 1.54) is 49.9 Å². The molecule has 1 aromatic rings. The fourth-order valence-electron chi connectivity index (χ4n) is 3.47. The predicted octanol–water partition coefficient (Wildman–Crippen LogP) is 4.37. The molecule has 0 radical (unpaired) electrons. The van der Waals surface area contributed by atoms with E-state index in [1.807, 2.05) is 0 Å². The molecule has 112 valence electrons. The van der Waals surface area contributed by atoms with Gasteiger partial charge >= 0.3 is 0 Å². The molecule has 1 saturated carbocycles. The molecule has 1 unspecified atom stereocenters. The molecule has 1 aromatic carbocycles. The Morgan fingerprint density at radius 3 is 2.60 bits per heavy atom. The molecule has 20 heavy (non-hydrogen) atoms. The lowest BCUT2D eigenvalue weighted by Crippen LogP contribution is -2.29. The number of nitrogens with one attached hydrogen (secondary N) is 1. The highest BCUT2D eigenvalue weighted by Crippen LogP contribution is 2.29. The zero-order valence-electron chi connectivity index (χ0n) is 13.4. The SMILES string of the molecule is CCNC(C)c1ccccc1N(C)CC1CCCCC1. The van der Waals surface area contributed by atoms with Gasteiger partial charge in [0, 0.05) is 25.3 Å². The molecule has 1 aliphatic carbocycles. The largest absolute Gasteiger partial charge is 0.374 e. The number of para-hydroxylation sites is 1. The van der Waals surface area contributed by atoms with Crippen molar-refractivity contribution < 1.29 is 0 Å². The first kappa shape index (κ1) is 15.4. The molecule has 0 aromatic heterocycles. The standard InChI is InChI=1S/C18H30N2/c1-4-19-15(2)17-12-8-9-13-18(17)20(3)14-16-10-6-5-7-11-16/h8-9,12-13,15-16,19H,4-7,10-11,14H2,1-3H3. The summed E-state index contributed by atoms with van der Waals surface area (Å²) in [5, 5.41) is 3.53. The number of hydrogen-bond donors (Lipinski definition) is 1. The third-order valence-electron chi connectivity index (χ3n) is 4.58. The maximum Gasteiger partial charge on any atom is 0.0412 e. The van der Waals surface area contributed by atoms with Gasteiger partial charge in [0.25, 0.3) is 0 Å². The van der Waals surface area contributed by atoms with Crippen molar-refractivity contribution in [2.24, 2.45) is 5.92 Å². The van der Waals surface area contributed by atoms with Gasteiger partial charge in [-0.2, -0.15) is 0 Å². The van der Waals surface area contributed by atoms with Crippen LogP contribution in [0.5, 0.6) is 0 Å². The van der Waals surface area contributed by atoms with Crippen molar-refractivity contribution in [3.63, 3.8) is 0 Å². The number of anilines is 1. The molecule has 2 rings (SSSR count). The van der Waals surface area contributed by atoms with Crippen LogP contribution in [-0.2, 0) is 0 Å². The Hall–Kier alpha value is -1.02. The van der Waals surface area contributed by atoms with Gasteiger partial charge in [-0.3, -0.25) is 0 Å². The lowest BCUT2D eigenvalue weighted by Gasteiger charge is -2.31. The Morgan fingerprint density at radius 1 is 1.20 bits per heavy atom. The first-order valence-corrected chi connectivity index (χ1v) is 8.25. The second-order valence-electron chi connectivity index (χ2n) is 6.22. The summed E-state index contributed by atoms with van der Waals surface area (Å²) in [4.78, 5) is 2.47. The molecular formula is C18H30N2. The van der Waals surface area contributed by atoms with E-state index in [0.29, 0.717) is 6.04 Å². The molecule has 1 N–H and O–H groups in total. The molecule has 1 fully saturated rings. The minimum atomic E-state index is 0.421. The third kappa shape index (κ3) is 3.99. The van der Waals surface area contributed by atoms with Crippen molar-refractivity contribution in [1.82, 2.24) is 5.32 Å². The summed E-state index contributed by atoms with van der Waals surface area (Å²) >= 11 is 0. The number of benzene rings is 1. The average Bonchev–Trinajstić information content (AvgIpc) is 2.48. The highest BCUT2D eigenvalue weighted by molar-refractivity contribution is 5.54. The summed E-state index contributed by atoms with van der Waals surface area (Å²) in [7, 11) is 2.26. The van der Waals surface area contributed by atoms with Crippen LogP contribution in [0.15, 0.2) is 24.3 Å². The van der Waals surface area contributed by atoms with Crippen molar-refractivity contribution in [1.29, 1.82) is 0 Å². The van der Waals surface area contributed by atoms with Gasteiger partial charge in [-0.05, 0) is 43.9 Å². The zero-order valence-corrected chi connectivity index (χ0v) is 13.4. The Kier molecular flexibility index (Phi) is 5.90. The van der Waals surface area contributed by atoms with E-state index in [1.54, 1.807) is 0 Å². The first-order chi connectivity index (χ1) is 9.72. The fraction of sp³-hybridized carbons (Fsp3) is 0.667. The minimum Gasteiger partial charge on any atom is -0.374 e. The van der Waals surface area contributed by atoms with Crippen molar-refractivity contribution >= 4 is 5.69 Å². The maximum absolute atomic E-state index is 3.53. The number of nitrogens with zero attached hydrogens (tertiary/aromatic N) is 1. The molecule has 0 amide bonds. The smallest absolute Gasteiger partial charge is 0.0412 e. The predicted molar refractivity (Wildman–Crippen MR) is 88.4 cm³/mol. The van der Waals surface area contributed by atoms with E-state index in [0.717, 1.165) is 12.5 Å². The minimum absolute atomic E-state index is 0.421. The lowest BCUT2D eigenvalue weighted by atomic mass is 9.89. The zero-order chi connectivity index (χ0) is 14.4. The summed E-state index contributed by atoms with van der Waals surface area (Å²) < 4.78 is 0. The molecule has 0 heterocycles. The summed E-state index contributed by atoms with van der Waals surface area (Å²) in [5.41, 5.74) is 2.82. The summed E-state index contributed by atoms with van der Waals surface area (Å²) in [6.45, 7) is 6.65. The van der Waals surface area contributed by atoms with E-state index in [-0.39, 0.29) is 0 Å². The molecule has 2 heteroatoms. The molecule has 0 saturated heterocycles. The van der Waals surface area contributed by atoms with E-state index in [2.05, 4.69) is 55.4 Å². The first-order valence-electron chi connectivity index (χ1n) is 8.25. The van der Waals surface area contributed by atoms with Gasteiger partial charge in [-0.15, -0.1) is 0 Å². The van der Waals surface area contributed by atoms with Crippen molar-refractivity contribution in [2.45, 2.75) is 52.0 Å². The molecule has 0 bridgehead atoms. The van der Waals surface area contributed by atoms with Crippen LogP contribution >= 0.6 is 0 Å². The third-order valence-corrected chi connectivity index (χ3v) is 4.58. The Morgan fingerprint density at radius 2 is 1.90 bits per heavy atom. The Balaban J connectivity index is 2.06. The van der Waals surface area contributed by atoms with Gasteiger partial charge in [0.1, 0.15) is 0 Å². The Bertz CT molecular complexity index is 396. The van der Waals surface area contributed by atoms with Crippen LogP contribution in [-0.4, -0.2) is 20.1 Å². The van der Waals surface area contributed by atoms with Crippen LogP contribution in [0, 0.1) is 5.92 Å². The van der Waals surface area contributed by atoms with Crippen LogP contribution in [0.1, 0.15) is 57.6 Å². The summed E-state index contributed by atoms with van der Waals surface area (Å²) in [6.07, 6.45) is 7.11. The van der Waals surface area contributed by atoms with Crippen LogP contribution in [0.3, 0.4) is 0 Å². The van der Waals surface area contributed by atoms with Crippen LogP contribution in [0.2, 0.25) is 0 Å². The molecular weight excluding hydrogens is 244 g/mol. The maximum atomic E-state index is 3.53. The molecule has 0 spiro atoms. The van der Waals surface area contributed by atoms with Gasteiger partial charge in [-0.25, -0.2) is 0 Å². The molecule has 2 nitrogen and oxygen atoms in total. The van der Waals surface area contributed by atoms with Gasteiger partial charge in [0.05, 0.1) is 0 Å². The van der Waals surface area contributed by atoms with Crippen molar-refractivity contribution in [3.05, 3.63) is 29.8 Å². The number of hydrogen-bond acceptors (Lipinski definition) is 2. The lowest BCUT2D eigenvalue weighted by molar-refractivity contribution is 0.362. The summed E-state index contributed by atoms with van der Waals surface area (Å²) in [5.74, 6) is 0.885. The average molecular weight is 274 g/mol. The van der Waals surface area contributed by atoms with E-state index in [9.17, 15) is 0 Å². The second kappa shape index (κ2) is 7.68. The second-order valence-corrected chi connectivity index (χ2v) is 6.22. The molecule has 1 atom stereocenters. The van der Waals surface area contributed by atoms with E-state index < -0.39 is 0 Å². The van der Waals surface area contributed by atoms with Crippen LogP contribution in [0.25, 0.3) is 0 Å². The highest BCUT2D eigenvalue weighted by atomic mass is 15.1. The van der Waals surface area contributed by atoms with E-state index in [4.69, 9.17) is 0 Å². The Labute approximate surface area is 124 Å². The van der Waals surface area contributed by atoms with Crippen molar-refractivity contribution in [2.75, 3.05) is 25.0 Å².